The number of aliphatic hydroxyl groups is 1. The maximum atomic E-state index is 12.8. The molecule has 1 unspecified atom stereocenters. The maximum absolute atomic E-state index is 12.8. The third-order valence-corrected chi connectivity index (χ3v) is 4.33. The number of hydrogen-bond donors (Lipinski definition) is 1. The Kier molecular flexibility index (Phi) is 4.40. The third-order valence-electron chi connectivity index (χ3n) is 4.33. The highest BCUT2D eigenvalue weighted by Crippen LogP contribution is 2.41. The maximum Gasteiger partial charge on any atom is 0.294 e. The van der Waals surface area contributed by atoms with Gasteiger partial charge in [0.2, 0.25) is 0 Å². The monoisotopic (exact) mass is 336 g/mol. The predicted octanol–water partition coefficient (Wildman–Crippen LogP) is 3.52. The lowest BCUT2D eigenvalue weighted by Gasteiger charge is -2.27. The number of carbonyl (C=O) groups excluding carboxylic acids is 2. The van der Waals surface area contributed by atoms with Crippen molar-refractivity contribution in [1.82, 2.24) is 4.98 Å². The summed E-state index contributed by atoms with van der Waals surface area (Å²) >= 11 is 0. The summed E-state index contributed by atoms with van der Waals surface area (Å²) in [6, 6.07) is 10.3. The molecule has 5 nitrogen and oxygen atoms in total. The fourth-order valence-electron chi connectivity index (χ4n) is 3.00. The molecule has 1 aromatic carbocycles. The zero-order chi connectivity index (χ0) is 18.1. The molecule has 5 heteroatoms. The summed E-state index contributed by atoms with van der Waals surface area (Å²) in [7, 11) is 0. The largest absolute Gasteiger partial charge is 0.503 e. The number of Topliss-reactive ketones (excluding diaryl/α,β-unsaturated/α-hetero) is 1. The number of aliphatic hydroxyl groups excluding tert-OH is 1. The van der Waals surface area contributed by atoms with Gasteiger partial charge in [-0.2, -0.15) is 0 Å². The molecule has 1 atom stereocenters. The van der Waals surface area contributed by atoms with E-state index in [1.54, 1.807) is 38.4 Å². The van der Waals surface area contributed by atoms with Crippen LogP contribution in [0.3, 0.4) is 0 Å². The molecular formula is C20H20N2O3. The van der Waals surface area contributed by atoms with E-state index in [2.05, 4.69) is 4.98 Å². The number of pyridine rings is 1. The Hall–Kier alpha value is -2.95. The highest BCUT2D eigenvalue weighted by atomic mass is 16.3. The van der Waals surface area contributed by atoms with Gasteiger partial charge in [-0.15, -0.1) is 0 Å². The van der Waals surface area contributed by atoms with Crippen LogP contribution in [0.15, 0.2) is 60.1 Å². The molecule has 25 heavy (non-hydrogen) atoms. The van der Waals surface area contributed by atoms with Gasteiger partial charge in [0.15, 0.2) is 11.5 Å². The van der Waals surface area contributed by atoms with Crippen LogP contribution in [0.4, 0.5) is 5.69 Å². The van der Waals surface area contributed by atoms with Crippen molar-refractivity contribution in [2.45, 2.75) is 26.8 Å². The molecule has 2 heterocycles. The number of rotatable bonds is 4. The summed E-state index contributed by atoms with van der Waals surface area (Å²) in [6.07, 6.45) is 3.22. The fraction of sp³-hybridized carbons (Fsp3) is 0.250. The first-order chi connectivity index (χ1) is 11.9. The first kappa shape index (κ1) is 16.9. The molecule has 0 radical (unpaired) electrons. The molecule has 0 fully saturated rings. The number of anilines is 1. The number of amides is 1. The van der Waals surface area contributed by atoms with Gasteiger partial charge in [-0.3, -0.25) is 19.5 Å². The third kappa shape index (κ3) is 2.93. The zero-order valence-corrected chi connectivity index (χ0v) is 14.4. The second-order valence-electron chi connectivity index (χ2n) is 6.48. The highest BCUT2D eigenvalue weighted by molar-refractivity contribution is 6.16. The van der Waals surface area contributed by atoms with Crippen LogP contribution in [-0.4, -0.2) is 21.8 Å². The molecule has 0 saturated carbocycles. The van der Waals surface area contributed by atoms with Gasteiger partial charge < -0.3 is 5.11 Å². The van der Waals surface area contributed by atoms with E-state index in [0.29, 0.717) is 5.69 Å². The van der Waals surface area contributed by atoms with Crippen molar-refractivity contribution >= 4 is 17.4 Å². The van der Waals surface area contributed by atoms with Crippen LogP contribution < -0.4 is 4.90 Å². The Bertz CT molecular complexity index is 839. The number of nitrogens with zero attached hydrogens (tertiary/aromatic N) is 2. The smallest absolute Gasteiger partial charge is 0.294 e. The molecule has 1 amide bonds. The van der Waals surface area contributed by atoms with E-state index in [-0.39, 0.29) is 17.3 Å². The average Bonchev–Trinajstić information content (AvgIpc) is 2.87. The van der Waals surface area contributed by atoms with E-state index in [0.717, 1.165) is 11.1 Å². The molecule has 1 N–H and O–H groups in total. The van der Waals surface area contributed by atoms with Crippen molar-refractivity contribution in [3.63, 3.8) is 0 Å². The second-order valence-corrected chi connectivity index (χ2v) is 6.48. The number of carbonyl (C=O) groups is 2. The van der Waals surface area contributed by atoms with Crippen molar-refractivity contribution in [3.8, 4) is 0 Å². The molecule has 0 aliphatic carbocycles. The van der Waals surface area contributed by atoms with Crippen LogP contribution in [0.1, 0.15) is 31.0 Å². The van der Waals surface area contributed by atoms with Gasteiger partial charge in [-0.1, -0.05) is 31.5 Å². The number of hydrogen-bond acceptors (Lipinski definition) is 4. The number of aromatic nitrogens is 1. The highest BCUT2D eigenvalue weighted by Gasteiger charge is 2.44. The van der Waals surface area contributed by atoms with Crippen molar-refractivity contribution in [2.24, 2.45) is 5.92 Å². The second kappa shape index (κ2) is 6.51. The minimum Gasteiger partial charge on any atom is -0.503 e. The molecule has 2 aromatic rings. The van der Waals surface area contributed by atoms with Crippen molar-refractivity contribution in [3.05, 3.63) is 71.3 Å². The van der Waals surface area contributed by atoms with E-state index in [1.165, 1.54) is 4.90 Å². The standard InChI is InChI=1S/C20H20N2O3/c1-12(2)18(23)16-17(14-8-10-21-11-9-14)22(20(25)19(16)24)15-6-4-13(3)5-7-15/h4-12,17,24H,1-3H3. The molecule has 3 rings (SSSR count). The summed E-state index contributed by atoms with van der Waals surface area (Å²) in [6.45, 7) is 5.47. The average molecular weight is 336 g/mol. The van der Waals surface area contributed by atoms with Crippen LogP contribution >= 0.6 is 0 Å². The van der Waals surface area contributed by atoms with Crippen LogP contribution in [0.2, 0.25) is 0 Å². The Morgan fingerprint density at radius 2 is 1.72 bits per heavy atom. The Morgan fingerprint density at radius 1 is 1.12 bits per heavy atom. The minimum atomic E-state index is -0.659. The Balaban J connectivity index is 2.17. The van der Waals surface area contributed by atoms with Gasteiger partial charge in [0, 0.05) is 24.0 Å². The molecule has 1 aromatic heterocycles. The lowest BCUT2D eigenvalue weighted by molar-refractivity contribution is -0.119. The fourth-order valence-corrected chi connectivity index (χ4v) is 3.00. The van der Waals surface area contributed by atoms with E-state index >= 15 is 0 Å². The summed E-state index contributed by atoms with van der Waals surface area (Å²) in [4.78, 5) is 30.9. The molecule has 1 aliphatic rings. The van der Waals surface area contributed by atoms with Crippen molar-refractivity contribution in [1.29, 1.82) is 0 Å². The van der Waals surface area contributed by atoms with E-state index in [4.69, 9.17) is 0 Å². The quantitative estimate of drug-likeness (QED) is 0.927. The SMILES string of the molecule is Cc1ccc(N2C(=O)C(O)=C(C(=O)C(C)C)C2c2ccncc2)cc1. The van der Waals surface area contributed by atoms with E-state index < -0.39 is 17.7 Å². The van der Waals surface area contributed by atoms with E-state index in [1.807, 2.05) is 31.2 Å². The topological polar surface area (TPSA) is 70.5 Å². The first-order valence-electron chi connectivity index (χ1n) is 8.19. The van der Waals surface area contributed by atoms with Gasteiger partial charge in [0.25, 0.3) is 5.91 Å². The van der Waals surface area contributed by atoms with Crippen molar-refractivity contribution in [2.75, 3.05) is 4.90 Å². The summed E-state index contributed by atoms with van der Waals surface area (Å²) in [5, 5.41) is 10.4. The summed E-state index contributed by atoms with van der Waals surface area (Å²) in [5.74, 6) is -1.59. The first-order valence-corrected chi connectivity index (χ1v) is 8.19. The van der Waals surface area contributed by atoms with Crippen molar-refractivity contribution < 1.29 is 14.7 Å². The van der Waals surface area contributed by atoms with E-state index in [9.17, 15) is 14.7 Å². The Morgan fingerprint density at radius 3 is 2.28 bits per heavy atom. The Labute approximate surface area is 146 Å². The number of aryl methyl sites for hydroxylation is 1. The predicted molar refractivity (Wildman–Crippen MR) is 95.1 cm³/mol. The number of ketones is 1. The summed E-state index contributed by atoms with van der Waals surface area (Å²) in [5.41, 5.74) is 2.57. The minimum absolute atomic E-state index is 0.145. The van der Waals surface area contributed by atoms with Crippen LogP contribution in [0.5, 0.6) is 0 Å². The van der Waals surface area contributed by atoms with Gasteiger partial charge in [0.05, 0.1) is 11.6 Å². The lowest BCUT2D eigenvalue weighted by Crippen LogP contribution is -2.31. The molecule has 0 bridgehead atoms. The molecular weight excluding hydrogens is 316 g/mol. The van der Waals surface area contributed by atoms with Gasteiger partial charge in [-0.25, -0.2) is 0 Å². The normalized spacial score (nSPS) is 17.5. The number of benzene rings is 1. The van der Waals surface area contributed by atoms with Crippen LogP contribution in [0.25, 0.3) is 0 Å². The molecule has 128 valence electrons. The van der Waals surface area contributed by atoms with Gasteiger partial charge in [-0.05, 0) is 36.8 Å². The van der Waals surface area contributed by atoms with Gasteiger partial charge >= 0.3 is 0 Å². The van der Waals surface area contributed by atoms with Crippen LogP contribution in [-0.2, 0) is 9.59 Å². The zero-order valence-electron chi connectivity index (χ0n) is 14.4. The molecule has 1 aliphatic heterocycles. The summed E-state index contributed by atoms with van der Waals surface area (Å²) < 4.78 is 0. The molecule has 0 saturated heterocycles. The lowest BCUT2D eigenvalue weighted by atomic mass is 9.91. The molecule has 0 spiro atoms. The van der Waals surface area contributed by atoms with Gasteiger partial charge in [0.1, 0.15) is 0 Å². The van der Waals surface area contributed by atoms with Crippen LogP contribution in [0, 0.1) is 12.8 Å².